The number of nitrogens with zero attached hydrogens (tertiary/aromatic N) is 4. The molecule has 0 bridgehead atoms. The van der Waals surface area contributed by atoms with Crippen LogP contribution in [0.4, 0.5) is 0 Å². The molecule has 9 heteroatoms. The van der Waals surface area contributed by atoms with Gasteiger partial charge in [0.05, 0.1) is 11.8 Å². The maximum Gasteiger partial charge on any atom is 0.248 e. The van der Waals surface area contributed by atoms with Crippen molar-refractivity contribution in [1.29, 1.82) is 0 Å². The summed E-state index contributed by atoms with van der Waals surface area (Å²) in [5, 5.41) is 17.2. The van der Waals surface area contributed by atoms with Crippen LogP contribution in [0.5, 0.6) is 0 Å². The molecule has 37 heavy (non-hydrogen) atoms. The zero-order valence-corrected chi connectivity index (χ0v) is 22.6. The van der Waals surface area contributed by atoms with E-state index in [0.29, 0.717) is 19.4 Å². The first-order chi connectivity index (χ1) is 18.0. The minimum Gasteiger partial charge on any atom is -0.390 e. The summed E-state index contributed by atoms with van der Waals surface area (Å²) in [6.45, 7) is 4.85. The number of rotatable bonds is 8. The summed E-state index contributed by atoms with van der Waals surface area (Å²) in [5.41, 5.74) is 1.27. The van der Waals surface area contributed by atoms with Crippen LogP contribution in [0.2, 0.25) is 0 Å². The molecular weight excluding hydrogens is 486 g/mol. The van der Waals surface area contributed by atoms with Crippen LogP contribution < -0.4 is 5.32 Å². The third kappa shape index (κ3) is 5.45. The Kier molecular flexibility index (Phi) is 8.21. The second kappa shape index (κ2) is 11.6. The van der Waals surface area contributed by atoms with E-state index in [9.17, 15) is 14.7 Å². The van der Waals surface area contributed by atoms with E-state index in [0.717, 1.165) is 74.4 Å². The van der Waals surface area contributed by atoms with Crippen molar-refractivity contribution in [1.82, 2.24) is 25.1 Å². The Bertz CT molecular complexity index is 1060. The Morgan fingerprint density at radius 3 is 2.59 bits per heavy atom. The Morgan fingerprint density at radius 2 is 1.89 bits per heavy atom. The third-order valence-electron chi connectivity index (χ3n) is 8.52. The molecule has 1 saturated carbocycles. The highest BCUT2D eigenvalue weighted by molar-refractivity contribution is 7.13. The Balaban J connectivity index is 1.26. The summed E-state index contributed by atoms with van der Waals surface area (Å²) in [4.78, 5) is 40.5. The number of piperidine rings is 1. The number of carbonyl (C=O) groups is 2. The average Bonchev–Trinajstić information content (AvgIpc) is 3.41. The number of thiazole rings is 1. The van der Waals surface area contributed by atoms with Crippen LogP contribution in [0.3, 0.4) is 0 Å². The maximum absolute atomic E-state index is 13.8. The fourth-order valence-corrected chi connectivity index (χ4v) is 7.09. The number of aliphatic hydroxyl groups is 1. The SMILES string of the molecule is CCCCN1C(=O)[C@@H]([C@H](O)C2CCCCC2)NC(=O)C12CCN(Cc1csc(-c3ccncc3)n1)CC2. The van der Waals surface area contributed by atoms with Gasteiger partial charge in [0.1, 0.15) is 16.6 Å². The topological polar surface area (TPSA) is 98.7 Å². The minimum atomic E-state index is -0.824. The van der Waals surface area contributed by atoms with Crippen LogP contribution in [0.25, 0.3) is 10.6 Å². The van der Waals surface area contributed by atoms with Crippen molar-refractivity contribution in [3.8, 4) is 10.6 Å². The van der Waals surface area contributed by atoms with E-state index >= 15 is 0 Å². The Morgan fingerprint density at radius 1 is 1.16 bits per heavy atom. The number of hydrogen-bond acceptors (Lipinski definition) is 7. The molecule has 2 amide bonds. The molecule has 3 aliphatic rings. The first kappa shape index (κ1) is 26.3. The molecule has 2 N–H and O–H groups in total. The molecule has 0 unspecified atom stereocenters. The molecule has 3 fully saturated rings. The van der Waals surface area contributed by atoms with Crippen molar-refractivity contribution < 1.29 is 14.7 Å². The first-order valence-electron chi connectivity index (χ1n) is 13.9. The van der Waals surface area contributed by atoms with Crippen molar-refractivity contribution in [3.05, 3.63) is 35.6 Å². The van der Waals surface area contributed by atoms with Crippen molar-refractivity contribution in [2.45, 2.75) is 88.9 Å². The lowest BCUT2D eigenvalue weighted by molar-refractivity contribution is -0.166. The van der Waals surface area contributed by atoms with E-state index in [1.165, 1.54) is 6.42 Å². The lowest BCUT2D eigenvalue weighted by atomic mass is 9.78. The number of carbonyl (C=O) groups excluding carboxylic acids is 2. The Labute approximate surface area is 223 Å². The van der Waals surface area contributed by atoms with Gasteiger partial charge < -0.3 is 15.3 Å². The smallest absolute Gasteiger partial charge is 0.248 e. The molecule has 2 atom stereocenters. The minimum absolute atomic E-state index is 0.0853. The number of hydrogen-bond donors (Lipinski definition) is 2. The summed E-state index contributed by atoms with van der Waals surface area (Å²) in [6, 6.07) is 3.11. The number of pyridine rings is 1. The number of unbranched alkanes of at least 4 members (excludes halogenated alkanes) is 1. The predicted octanol–water partition coefficient (Wildman–Crippen LogP) is 3.61. The van der Waals surface area contributed by atoms with Gasteiger partial charge in [-0.05, 0) is 50.2 Å². The van der Waals surface area contributed by atoms with Gasteiger partial charge in [0.2, 0.25) is 11.8 Å². The Hall–Kier alpha value is -2.36. The molecule has 4 heterocycles. The van der Waals surface area contributed by atoms with Crippen molar-refractivity contribution in [2.24, 2.45) is 5.92 Å². The zero-order chi connectivity index (χ0) is 25.8. The van der Waals surface area contributed by atoms with Crippen LogP contribution in [0.1, 0.15) is 70.4 Å². The summed E-state index contributed by atoms with van der Waals surface area (Å²) in [6.07, 6.45) is 11.0. The quantitative estimate of drug-likeness (QED) is 0.546. The molecule has 8 nitrogen and oxygen atoms in total. The number of piperazine rings is 1. The lowest BCUT2D eigenvalue weighted by Gasteiger charge is -2.52. The summed E-state index contributed by atoms with van der Waals surface area (Å²) in [5.74, 6) is -0.0977. The second-order valence-corrected chi connectivity index (χ2v) is 11.7. The number of aliphatic hydroxyl groups excluding tert-OH is 1. The normalized spacial score (nSPS) is 23.8. The number of likely N-dealkylation sites (tertiary alicyclic amines) is 1. The van der Waals surface area contributed by atoms with Gasteiger partial charge in [0.15, 0.2) is 0 Å². The van der Waals surface area contributed by atoms with Gasteiger partial charge in [0.25, 0.3) is 0 Å². The van der Waals surface area contributed by atoms with Crippen molar-refractivity contribution in [2.75, 3.05) is 19.6 Å². The maximum atomic E-state index is 13.8. The van der Waals surface area contributed by atoms with E-state index < -0.39 is 17.7 Å². The lowest BCUT2D eigenvalue weighted by Crippen LogP contribution is -2.75. The molecule has 0 aromatic carbocycles. The van der Waals surface area contributed by atoms with Crippen LogP contribution >= 0.6 is 11.3 Å². The predicted molar refractivity (Wildman–Crippen MR) is 144 cm³/mol. The van der Waals surface area contributed by atoms with Gasteiger partial charge in [-0.25, -0.2) is 4.98 Å². The fraction of sp³-hybridized carbons (Fsp3) is 0.643. The highest BCUT2D eigenvalue weighted by Gasteiger charge is 2.55. The van der Waals surface area contributed by atoms with Crippen LogP contribution in [-0.4, -0.2) is 74.0 Å². The molecule has 1 aliphatic carbocycles. The van der Waals surface area contributed by atoms with Gasteiger partial charge in [-0.2, -0.15) is 0 Å². The first-order valence-corrected chi connectivity index (χ1v) is 14.8. The van der Waals surface area contributed by atoms with Crippen LogP contribution in [-0.2, 0) is 16.1 Å². The summed E-state index contributed by atoms with van der Waals surface area (Å²) < 4.78 is 0. The molecule has 200 valence electrons. The monoisotopic (exact) mass is 525 g/mol. The highest BCUT2D eigenvalue weighted by Crippen LogP contribution is 2.36. The van der Waals surface area contributed by atoms with Gasteiger partial charge in [-0.3, -0.25) is 19.5 Å². The van der Waals surface area contributed by atoms with Crippen LogP contribution in [0.15, 0.2) is 29.9 Å². The summed E-state index contributed by atoms with van der Waals surface area (Å²) in [7, 11) is 0. The molecule has 2 saturated heterocycles. The van der Waals surface area contributed by atoms with E-state index in [2.05, 4.69) is 27.5 Å². The van der Waals surface area contributed by atoms with E-state index in [4.69, 9.17) is 4.98 Å². The highest BCUT2D eigenvalue weighted by atomic mass is 32.1. The number of amides is 2. The van der Waals surface area contributed by atoms with Gasteiger partial charge >= 0.3 is 0 Å². The van der Waals surface area contributed by atoms with Crippen LogP contribution in [0, 0.1) is 5.92 Å². The largest absolute Gasteiger partial charge is 0.390 e. The molecule has 0 radical (unpaired) electrons. The molecule has 5 rings (SSSR count). The number of nitrogens with one attached hydrogen (secondary N) is 1. The van der Waals surface area contributed by atoms with E-state index in [1.54, 1.807) is 23.7 Å². The van der Waals surface area contributed by atoms with Gasteiger partial charge in [-0.15, -0.1) is 11.3 Å². The standard InChI is InChI=1S/C28H39N5O3S/c1-2-3-15-33-26(35)23(24(34)20-7-5-4-6-8-20)31-27(36)28(33)11-16-32(17-12-28)18-22-19-37-25(30-22)21-9-13-29-14-10-21/h9-10,13-14,19-20,23-24,34H,2-8,11-12,15-18H2,1H3,(H,31,36)/t23-,24-/m1/s1. The zero-order valence-electron chi connectivity index (χ0n) is 21.8. The molecule has 2 aliphatic heterocycles. The van der Waals surface area contributed by atoms with Gasteiger partial charge in [-0.1, -0.05) is 32.6 Å². The van der Waals surface area contributed by atoms with Crippen molar-refractivity contribution >= 4 is 23.2 Å². The van der Waals surface area contributed by atoms with Crippen molar-refractivity contribution in [3.63, 3.8) is 0 Å². The molecular formula is C28H39N5O3S. The summed E-state index contributed by atoms with van der Waals surface area (Å²) >= 11 is 1.63. The molecule has 2 aromatic rings. The third-order valence-corrected chi connectivity index (χ3v) is 9.46. The molecule has 1 spiro atoms. The average molecular weight is 526 g/mol. The second-order valence-electron chi connectivity index (χ2n) is 10.9. The fourth-order valence-electron chi connectivity index (χ4n) is 6.27. The van der Waals surface area contributed by atoms with E-state index in [-0.39, 0.29) is 17.7 Å². The van der Waals surface area contributed by atoms with E-state index in [1.807, 2.05) is 17.0 Å². The van der Waals surface area contributed by atoms with Gasteiger partial charge in [0, 0.05) is 49.5 Å². The number of aromatic nitrogens is 2. The molecule has 2 aromatic heterocycles.